The van der Waals surface area contributed by atoms with E-state index in [0.717, 1.165) is 0 Å². The first-order chi connectivity index (χ1) is 12.4. The van der Waals surface area contributed by atoms with E-state index >= 15 is 0 Å². The third kappa shape index (κ3) is 4.22. The Kier molecular flexibility index (Phi) is 5.56. The largest absolute Gasteiger partial charge is 0.506 e. The fourth-order valence-electron chi connectivity index (χ4n) is 2.08. The number of carbonyl (C=O) groups is 1. The van der Waals surface area contributed by atoms with Crippen molar-refractivity contribution >= 4 is 46.4 Å². The van der Waals surface area contributed by atoms with Crippen LogP contribution in [0.5, 0.6) is 11.5 Å². The molecule has 2 aromatic carbocycles. The lowest BCUT2D eigenvalue weighted by Crippen LogP contribution is -2.14. The highest BCUT2D eigenvalue weighted by Gasteiger charge is 2.13. The van der Waals surface area contributed by atoms with Crippen LogP contribution in [-0.2, 0) is 6.73 Å². The number of rotatable bonds is 5. The van der Waals surface area contributed by atoms with Gasteiger partial charge in [-0.2, -0.15) is 5.10 Å². The van der Waals surface area contributed by atoms with Gasteiger partial charge in [-0.15, -0.1) is 0 Å². The molecule has 1 heterocycles. The van der Waals surface area contributed by atoms with Crippen molar-refractivity contribution in [2.45, 2.75) is 6.73 Å². The summed E-state index contributed by atoms with van der Waals surface area (Å²) in [4.78, 5) is 12.2. The van der Waals surface area contributed by atoms with Gasteiger partial charge in [0.2, 0.25) is 0 Å². The summed E-state index contributed by atoms with van der Waals surface area (Å²) in [7, 11) is 0. The molecule has 1 amide bonds. The van der Waals surface area contributed by atoms with Crippen molar-refractivity contribution < 1.29 is 14.6 Å². The Morgan fingerprint density at radius 2 is 2.00 bits per heavy atom. The first-order valence-corrected chi connectivity index (χ1v) is 8.47. The molecular weight excluding hydrogens is 401 g/mol. The molecule has 9 heteroatoms. The molecule has 0 saturated carbocycles. The van der Waals surface area contributed by atoms with E-state index < -0.39 is 5.91 Å². The lowest BCUT2D eigenvalue weighted by molar-refractivity contribution is 0.102. The van der Waals surface area contributed by atoms with Crippen molar-refractivity contribution in [3.63, 3.8) is 0 Å². The smallest absolute Gasteiger partial charge is 0.276 e. The lowest BCUT2D eigenvalue weighted by atomic mass is 10.3. The van der Waals surface area contributed by atoms with Gasteiger partial charge in [0.05, 0.1) is 10.7 Å². The van der Waals surface area contributed by atoms with Gasteiger partial charge in [-0.3, -0.25) is 4.79 Å². The minimum Gasteiger partial charge on any atom is -0.506 e. The van der Waals surface area contributed by atoms with Crippen LogP contribution in [0.25, 0.3) is 0 Å². The number of nitrogens with one attached hydrogen (secondary N) is 1. The lowest BCUT2D eigenvalue weighted by Gasteiger charge is -2.09. The minimum atomic E-state index is -0.498. The average molecular weight is 413 g/mol. The van der Waals surface area contributed by atoms with Gasteiger partial charge in [-0.25, -0.2) is 4.68 Å². The maximum atomic E-state index is 12.2. The summed E-state index contributed by atoms with van der Waals surface area (Å²) in [6.45, 7) is 0.0375. The van der Waals surface area contributed by atoms with Crippen LogP contribution in [0.3, 0.4) is 0 Å². The maximum absolute atomic E-state index is 12.2. The second-order valence-electron chi connectivity index (χ2n) is 5.18. The van der Waals surface area contributed by atoms with Gasteiger partial charge in [0.15, 0.2) is 12.4 Å². The van der Waals surface area contributed by atoms with Crippen LogP contribution >= 0.6 is 34.8 Å². The summed E-state index contributed by atoms with van der Waals surface area (Å²) in [5, 5.41) is 17.5. The zero-order chi connectivity index (χ0) is 18.7. The van der Waals surface area contributed by atoms with E-state index in [9.17, 15) is 9.90 Å². The van der Waals surface area contributed by atoms with Crippen LogP contribution in [0.2, 0.25) is 15.1 Å². The van der Waals surface area contributed by atoms with E-state index in [1.165, 1.54) is 28.9 Å². The van der Waals surface area contributed by atoms with E-state index in [4.69, 9.17) is 39.5 Å². The second-order valence-corrected chi connectivity index (χ2v) is 6.40. The molecule has 3 rings (SSSR count). The van der Waals surface area contributed by atoms with E-state index in [2.05, 4.69) is 10.4 Å². The highest BCUT2D eigenvalue weighted by Crippen LogP contribution is 2.31. The SMILES string of the molecule is O=C(Nc1cc(Cl)ccc1O)c1ccn(COc2cccc(Cl)c2Cl)n1. The molecule has 0 aliphatic carbocycles. The standard InChI is InChI=1S/C17H12Cl3N3O3/c18-10-4-5-14(24)13(8-10)21-17(25)12-6-7-23(22-12)9-26-15-3-1-2-11(19)16(15)20/h1-8,24H,9H2,(H,21,25). The molecule has 0 saturated heterocycles. The van der Waals surface area contributed by atoms with Crippen LogP contribution in [0.4, 0.5) is 5.69 Å². The molecule has 6 nitrogen and oxygen atoms in total. The topological polar surface area (TPSA) is 76.4 Å². The number of phenolic OH excluding ortho intramolecular Hbond substituents is 1. The van der Waals surface area contributed by atoms with Gasteiger partial charge in [-0.05, 0) is 36.4 Å². The van der Waals surface area contributed by atoms with E-state index in [-0.39, 0.29) is 23.9 Å². The first kappa shape index (κ1) is 18.4. The highest BCUT2D eigenvalue weighted by molar-refractivity contribution is 6.42. The van der Waals surface area contributed by atoms with Gasteiger partial charge >= 0.3 is 0 Å². The fraction of sp³-hybridized carbons (Fsp3) is 0.0588. The van der Waals surface area contributed by atoms with Crippen LogP contribution in [0.1, 0.15) is 10.5 Å². The molecule has 0 unspecified atom stereocenters. The van der Waals surface area contributed by atoms with Crippen molar-refractivity contribution in [1.29, 1.82) is 0 Å². The third-order valence-corrected chi connectivity index (χ3v) is 4.39. The van der Waals surface area contributed by atoms with Gasteiger partial charge in [0, 0.05) is 11.2 Å². The number of hydrogen-bond acceptors (Lipinski definition) is 4. The molecule has 0 aliphatic heterocycles. The Bertz CT molecular complexity index is 959. The molecule has 2 N–H and O–H groups in total. The molecule has 134 valence electrons. The third-order valence-electron chi connectivity index (χ3n) is 3.35. The molecule has 0 bridgehead atoms. The number of hydrogen-bond donors (Lipinski definition) is 2. The number of amides is 1. The van der Waals surface area contributed by atoms with Crippen molar-refractivity contribution in [2.75, 3.05) is 5.32 Å². The van der Waals surface area contributed by atoms with E-state index in [0.29, 0.717) is 20.8 Å². The molecule has 26 heavy (non-hydrogen) atoms. The van der Waals surface area contributed by atoms with Gasteiger partial charge in [-0.1, -0.05) is 40.9 Å². The van der Waals surface area contributed by atoms with Crippen LogP contribution < -0.4 is 10.1 Å². The van der Waals surface area contributed by atoms with Gasteiger partial charge < -0.3 is 15.2 Å². The molecule has 0 atom stereocenters. The summed E-state index contributed by atoms with van der Waals surface area (Å²) in [5.41, 5.74) is 0.337. The molecule has 0 spiro atoms. The molecule has 0 radical (unpaired) electrons. The van der Waals surface area contributed by atoms with Crippen LogP contribution in [0, 0.1) is 0 Å². The zero-order valence-corrected chi connectivity index (χ0v) is 15.4. The van der Waals surface area contributed by atoms with Crippen LogP contribution in [-0.4, -0.2) is 20.8 Å². The maximum Gasteiger partial charge on any atom is 0.276 e. The summed E-state index contributed by atoms with van der Waals surface area (Å²) in [5.74, 6) is -0.187. The predicted molar refractivity (Wildman–Crippen MR) is 100 cm³/mol. The number of nitrogens with zero attached hydrogens (tertiary/aromatic N) is 2. The van der Waals surface area contributed by atoms with Crippen molar-refractivity contribution in [3.8, 4) is 11.5 Å². The van der Waals surface area contributed by atoms with Crippen molar-refractivity contribution in [1.82, 2.24) is 9.78 Å². The Labute approximate surface area is 163 Å². The number of carbonyl (C=O) groups excluding carboxylic acids is 1. The molecule has 0 fully saturated rings. The van der Waals surface area contributed by atoms with E-state index in [1.807, 2.05) is 0 Å². The first-order valence-electron chi connectivity index (χ1n) is 7.34. The minimum absolute atomic E-state index is 0.0375. The summed E-state index contributed by atoms with van der Waals surface area (Å²) < 4.78 is 6.97. The molecule has 3 aromatic rings. The quantitative estimate of drug-likeness (QED) is 0.588. The number of anilines is 1. The van der Waals surface area contributed by atoms with Gasteiger partial charge in [0.1, 0.15) is 16.5 Å². The zero-order valence-electron chi connectivity index (χ0n) is 13.1. The average Bonchev–Trinajstić information content (AvgIpc) is 3.08. The Balaban J connectivity index is 1.66. The Morgan fingerprint density at radius 1 is 1.19 bits per heavy atom. The predicted octanol–water partition coefficient (Wildman–Crippen LogP) is 4.84. The van der Waals surface area contributed by atoms with E-state index in [1.54, 1.807) is 24.4 Å². The van der Waals surface area contributed by atoms with Crippen LogP contribution in [0.15, 0.2) is 48.7 Å². The number of ether oxygens (including phenoxy) is 1. The molecule has 1 aromatic heterocycles. The summed E-state index contributed by atoms with van der Waals surface area (Å²) >= 11 is 17.8. The fourth-order valence-corrected chi connectivity index (χ4v) is 2.60. The number of aromatic nitrogens is 2. The van der Waals surface area contributed by atoms with Gasteiger partial charge in [0.25, 0.3) is 5.91 Å². The monoisotopic (exact) mass is 411 g/mol. The number of benzene rings is 2. The van der Waals surface area contributed by atoms with Crippen molar-refractivity contribution in [2.24, 2.45) is 0 Å². The number of phenols is 1. The Morgan fingerprint density at radius 3 is 2.81 bits per heavy atom. The van der Waals surface area contributed by atoms with Crippen molar-refractivity contribution in [3.05, 3.63) is 69.4 Å². The normalized spacial score (nSPS) is 10.6. The number of halogens is 3. The molecule has 0 aliphatic rings. The number of aromatic hydroxyl groups is 1. The molecular formula is C17H12Cl3N3O3. The summed E-state index contributed by atoms with van der Waals surface area (Å²) in [6, 6.07) is 10.9. The summed E-state index contributed by atoms with van der Waals surface area (Å²) in [6.07, 6.45) is 1.57. The highest BCUT2D eigenvalue weighted by atomic mass is 35.5. The second kappa shape index (κ2) is 7.86. The Hall–Kier alpha value is -2.41.